The van der Waals surface area contributed by atoms with Gasteiger partial charge in [0.1, 0.15) is 6.54 Å². The monoisotopic (exact) mass is 267 g/mol. The Bertz CT molecular complexity index is 599. The molecule has 0 saturated heterocycles. The zero-order valence-electron chi connectivity index (χ0n) is 9.81. The average molecular weight is 267 g/mol. The number of nitrogens with zero attached hydrogens (tertiary/aromatic N) is 3. The van der Waals surface area contributed by atoms with Crippen molar-refractivity contribution in [3.63, 3.8) is 0 Å². The number of anilines is 1. The Hall–Kier alpha value is -2.35. The Kier molecular flexibility index (Phi) is 3.81. The number of halogens is 2. The predicted molar refractivity (Wildman–Crippen MR) is 62.9 cm³/mol. The summed E-state index contributed by atoms with van der Waals surface area (Å²) >= 11 is 0. The lowest BCUT2D eigenvalue weighted by Gasteiger charge is -2.05. The predicted octanol–water partition coefficient (Wildman–Crippen LogP) is 0.654. The van der Waals surface area contributed by atoms with Gasteiger partial charge in [-0.2, -0.15) is 0 Å². The van der Waals surface area contributed by atoms with Crippen LogP contribution in [0.3, 0.4) is 0 Å². The molecule has 1 amide bonds. The van der Waals surface area contributed by atoms with Crippen molar-refractivity contribution < 1.29 is 13.6 Å². The molecular weight excluding hydrogens is 256 g/mol. The Morgan fingerprint density at radius 2 is 2.16 bits per heavy atom. The van der Waals surface area contributed by atoms with Crippen molar-refractivity contribution >= 4 is 11.6 Å². The third kappa shape index (κ3) is 3.32. The summed E-state index contributed by atoms with van der Waals surface area (Å²) in [7, 11) is 0. The quantitative estimate of drug-likeness (QED) is 0.851. The van der Waals surface area contributed by atoms with E-state index in [4.69, 9.17) is 5.73 Å². The molecule has 0 bridgehead atoms. The molecule has 19 heavy (non-hydrogen) atoms. The normalized spacial score (nSPS) is 10.5. The summed E-state index contributed by atoms with van der Waals surface area (Å²) < 4.78 is 26.9. The molecule has 0 unspecified atom stereocenters. The zero-order valence-corrected chi connectivity index (χ0v) is 9.81. The molecule has 100 valence electrons. The van der Waals surface area contributed by atoms with Crippen molar-refractivity contribution in [2.24, 2.45) is 5.73 Å². The van der Waals surface area contributed by atoms with Crippen LogP contribution < -0.4 is 11.1 Å². The van der Waals surface area contributed by atoms with Crippen molar-refractivity contribution in [2.75, 3.05) is 5.32 Å². The van der Waals surface area contributed by atoms with E-state index in [9.17, 15) is 13.6 Å². The third-order valence-electron chi connectivity index (χ3n) is 2.30. The Morgan fingerprint density at radius 1 is 1.37 bits per heavy atom. The van der Waals surface area contributed by atoms with E-state index in [0.29, 0.717) is 5.69 Å². The fourth-order valence-electron chi connectivity index (χ4n) is 1.43. The molecule has 2 aromatic rings. The number of hydrogen-bond acceptors (Lipinski definition) is 4. The highest BCUT2D eigenvalue weighted by atomic mass is 19.2. The standard InChI is InChI=1S/C11H11F2N5O/c12-9-2-1-7(3-10(9)13)15-11(19)6-18-5-8(4-14)16-17-18/h1-3,5H,4,6,14H2,(H,15,19). The lowest BCUT2D eigenvalue weighted by molar-refractivity contribution is -0.116. The van der Waals surface area contributed by atoms with Gasteiger partial charge in [0.2, 0.25) is 5.91 Å². The van der Waals surface area contributed by atoms with Crippen LogP contribution in [0.1, 0.15) is 5.69 Å². The zero-order chi connectivity index (χ0) is 13.8. The maximum absolute atomic E-state index is 12.9. The summed E-state index contributed by atoms with van der Waals surface area (Å²) in [4.78, 5) is 11.6. The van der Waals surface area contributed by atoms with Crippen LogP contribution in [0.2, 0.25) is 0 Å². The van der Waals surface area contributed by atoms with Crippen LogP contribution in [0, 0.1) is 11.6 Å². The van der Waals surface area contributed by atoms with Crippen LogP contribution >= 0.6 is 0 Å². The highest BCUT2D eigenvalue weighted by molar-refractivity contribution is 5.90. The molecule has 3 N–H and O–H groups in total. The molecule has 8 heteroatoms. The van der Waals surface area contributed by atoms with Crippen molar-refractivity contribution in [3.8, 4) is 0 Å². The van der Waals surface area contributed by atoms with Crippen molar-refractivity contribution in [1.29, 1.82) is 0 Å². The number of carbonyl (C=O) groups excluding carboxylic acids is 1. The van der Waals surface area contributed by atoms with Gasteiger partial charge < -0.3 is 11.1 Å². The van der Waals surface area contributed by atoms with E-state index < -0.39 is 17.5 Å². The van der Waals surface area contributed by atoms with Crippen LogP contribution in [0.4, 0.5) is 14.5 Å². The summed E-state index contributed by atoms with van der Waals surface area (Å²) in [6.07, 6.45) is 1.53. The van der Waals surface area contributed by atoms with Gasteiger partial charge in [0, 0.05) is 18.3 Å². The van der Waals surface area contributed by atoms with Crippen LogP contribution in [-0.4, -0.2) is 20.9 Å². The second-order valence-corrected chi connectivity index (χ2v) is 3.79. The van der Waals surface area contributed by atoms with Crippen LogP contribution in [0.15, 0.2) is 24.4 Å². The van der Waals surface area contributed by atoms with E-state index in [0.717, 1.165) is 12.1 Å². The Balaban J connectivity index is 1.98. The summed E-state index contributed by atoms with van der Waals surface area (Å²) in [5.74, 6) is -2.43. The second kappa shape index (κ2) is 5.53. The topological polar surface area (TPSA) is 85.8 Å². The molecule has 1 aromatic carbocycles. The molecule has 0 aliphatic heterocycles. The number of carbonyl (C=O) groups is 1. The fourth-order valence-corrected chi connectivity index (χ4v) is 1.43. The number of nitrogens with one attached hydrogen (secondary N) is 1. The highest BCUT2D eigenvalue weighted by Gasteiger charge is 2.08. The SMILES string of the molecule is NCc1cn(CC(=O)Nc2ccc(F)c(F)c2)nn1. The van der Waals surface area contributed by atoms with Gasteiger partial charge >= 0.3 is 0 Å². The molecule has 0 spiro atoms. The van der Waals surface area contributed by atoms with E-state index in [-0.39, 0.29) is 18.8 Å². The Labute approximate surface area is 107 Å². The Morgan fingerprint density at radius 3 is 2.79 bits per heavy atom. The first kappa shape index (κ1) is 13.1. The van der Waals surface area contributed by atoms with Gasteiger partial charge in [-0.3, -0.25) is 4.79 Å². The van der Waals surface area contributed by atoms with E-state index in [2.05, 4.69) is 15.6 Å². The molecule has 0 radical (unpaired) electrons. The number of rotatable bonds is 4. The number of aromatic nitrogens is 3. The van der Waals surface area contributed by atoms with E-state index in [1.807, 2.05) is 0 Å². The highest BCUT2D eigenvalue weighted by Crippen LogP contribution is 2.12. The van der Waals surface area contributed by atoms with Crippen molar-refractivity contribution in [2.45, 2.75) is 13.1 Å². The maximum Gasteiger partial charge on any atom is 0.246 e. The van der Waals surface area contributed by atoms with Crippen molar-refractivity contribution in [3.05, 3.63) is 41.7 Å². The van der Waals surface area contributed by atoms with Gasteiger partial charge in [0.15, 0.2) is 11.6 Å². The molecule has 2 rings (SSSR count). The van der Waals surface area contributed by atoms with Gasteiger partial charge in [-0.05, 0) is 12.1 Å². The number of amides is 1. The minimum Gasteiger partial charge on any atom is -0.325 e. The minimum absolute atomic E-state index is 0.0913. The van der Waals surface area contributed by atoms with Gasteiger partial charge in [0.05, 0.1) is 11.9 Å². The van der Waals surface area contributed by atoms with E-state index in [1.165, 1.54) is 16.9 Å². The minimum atomic E-state index is -1.02. The van der Waals surface area contributed by atoms with Gasteiger partial charge in [-0.1, -0.05) is 5.21 Å². The summed E-state index contributed by atoms with van der Waals surface area (Å²) in [6, 6.07) is 3.11. The molecule has 0 fully saturated rings. The molecule has 0 atom stereocenters. The second-order valence-electron chi connectivity index (χ2n) is 3.79. The van der Waals surface area contributed by atoms with Crippen LogP contribution in [0.25, 0.3) is 0 Å². The fraction of sp³-hybridized carbons (Fsp3) is 0.182. The summed E-state index contributed by atoms with van der Waals surface area (Å²) in [6.45, 7) is 0.136. The van der Waals surface area contributed by atoms with Gasteiger partial charge in [0.25, 0.3) is 0 Å². The molecule has 0 aliphatic rings. The maximum atomic E-state index is 12.9. The van der Waals surface area contributed by atoms with Gasteiger partial charge in [-0.15, -0.1) is 5.10 Å². The molecular formula is C11H11F2N5O. The summed E-state index contributed by atoms with van der Waals surface area (Å²) in [5.41, 5.74) is 6.08. The first-order chi connectivity index (χ1) is 9.08. The lowest BCUT2D eigenvalue weighted by Crippen LogP contribution is -2.19. The first-order valence-electron chi connectivity index (χ1n) is 5.42. The molecule has 1 aromatic heterocycles. The molecule has 0 saturated carbocycles. The largest absolute Gasteiger partial charge is 0.325 e. The average Bonchev–Trinajstić information content (AvgIpc) is 2.81. The first-order valence-corrected chi connectivity index (χ1v) is 5.42. The number of nitrogens with two attached hydrogens (primary N) is 1. The number of hydrogen-bond donors (Lipinski definition) is 2. The van der Waals surface area contributed by atoms with Crippen LogP contribution in [-0.2, 0) is 17.9 Å². The van der Waals surface area contributed by atoms with Crippen LogP contribution in [0.5, 0.6) is 0 Å². The van der Waals surface area contributed by atoms with E-state index >= 15 is 0 Å². The molecule has 6 nitrogen and oxygen atoms in total. The smallest absolute Gasteiger partial charge is 0.246 e. The molecule has 0 aliphatic carbocycles. The number of benzene rings is 1. The summed E-state index contributed by atoms with van der Waals surface area (Å²) in [5, 5.41) is 9.83. The van der Waals surface area contributed by atoms with Gasteiger partial charge in [-0.25, -0.2) is 13.5 Å². The lowest BCUT2D eigenvalue weighted by atomic mass is 10.3. The third-order valence-corrected chi connectivity index (χ3v) is 2.30. The van der Waals surface area contributed by atoms with E-state index in [1.54, 1.807) is 0 Å². The molecule has 1 heterocycles. The van der Waals surface area contributed by atoms with Crippen molar-refractivity contribution in [1.82, 2.24) is 15.0 Å².